The molecule has 0 unspecified atom stereocenters. The summed E-state index contributed by atoms with van der Waals surface area (Å²) in [5.41, 5.74) is 12.3. The van der Waals surface area contributed by atoms with Gasteiger partial charge in [-0.05, 0) is 80.9 Å². The van der Waals surface area contributed by atoms with E-state index in [1.54, 1.807) is 0 Å². The molecule has 0 radical (unpaired) electrons. The van der Waals surface area contributed by atoms with Crippen LogP contribution >= 0.6 is 0 Å². The first kappa shape index (κ1) is 22.8. The first-order valence-corrected chi connectivity index (χ1v) is 12.8. The van der Waals surface area contributed by atoms with Crippen molar-refractivity contribution in [3.63, 3.8) is 0 Å². The molecule has 3 heterocycles. The molecule has 0 amide bonds. The fourth-order valence-corrected chi connectivity index (χ4v) is 5.46. The number of nitrogens with two attached hydrogens (primary N) is 1. The van der Waals surface area contributed by atoms with E-state index in [9.17, 15) is 0 Å². The molecule has 4 nitrogen and oxygen atoms in total. The van der Waals surface area contributed by atoms with Crippen LogP contribution in [-0.4, -0.2) is 31.1 Å². The summed E-state index contributed by atoms with van der Waals surface area (Å²) in [4.78, 5) is 2.40. The number of para-hydroxylation sites is 2. The van der Waals surface area contributed by atoms with Crippen LogP contribution in [-0.2, 0) is 0 Å². The molecule has 182 valence electrons. The third-order valence-corrected chi connectivity index (χ3v) is 7.73. The first-order chi connectivity index (χ1) is 17.6. The Morgan fingerprint density at radius 1 is 0.750 bits per heavy atom. The zero-order valence-electron chi connectivity index (χ0n) is 20.9. The molecule has 4 aromatic carbocycles. The smallest absolute Gasteiger partial charge is 0.135 e. The summed E-state index contributed by atoms with van der Waals surface area (Å²) in [5.74, 6) is 0.103. The lowest BCUT2D eigenvalue weighted by molar-refractivity contribution is 0.331. The Labute approximate surface area is 211 Å². The SMILES string of the molecule is C[C@@H]1CCCN1C.NCC(c1ccc2oc3ccccc3c2c1)c1ccc2oc3ccccc3c2c1. The quantitative estimate of drug-likeness (QED) is 0.285. The molecule has 36 heavy (non-hydrogen) atoms. The molecule has 1 aliphatic rings. The van der Waals surface area contributed by atoms with Crippen molar-refractivity contribution in [2.24, 2.45) is 5.73 Å². The van der Waals surface area contributed by atoms with Gasteiger partial charge in [0.2, 0.25) is 0 Å². The van der Waals surface area contributed by atoms with E-state index < -0.39 is 0 Å². The summed E-state index contributed by atoms with van der Waals surface area (Å²) in [6.45, 7) is 4.12. The molecule has 1 atom stereocenters. The molecule has 0 bridgehead atoms. The van der Waals surface area contributed by atoms with Crippen molar-refractivity contribution in [3.8, 4) is 0 Å². The highest BCUT2D eigenvalue weighted by molar-refractivity contribution is 6.06. The van der Waals surface area contributed by atoms with Crippen LogP contribution in [0.1, 0.15) is 36.8 Å². The van der Waals surface area contributed by atoms with Crippen molar-refractivity contribution in [1.29, 1.82) is 0 Å². The van der Waals surface area contributed by atoms with Crippen molar-refractivity contribution in [1.82, 2.24) is 4.90 Å². The number of likely N-dealkylation sites (tertiary alicyclic amines) is 1. The number of rotatable bonds is 3. The number of nitrogens with zero attached hydrogens (tertiary/aromatic N) is 1. The molecule has 2 N–H and O–H groups in total. The maximum Gasteiger partial charge on any atom is 0.135 e. The van der Waals surface area contributed by atoms with Crippen LogP contribution in [0.2, 0.25) is 0 Å². The van der Waals surface area contributed by atoms with Gasteiger partial charge in [0.15, 0.2) is 0 Å². The maximum absolute atomic E-state index is 6.25. The highest BCUT2D eigenvalue weighted by Gasteiger charge is 2.17. The van der Waals surface area contributed by atoms with Crippen LogP contribution in [0, 0.1) is 0 Å². The van der Waals surface area contributed by atoms with Gasteiger partial charge >= 0.3 is 0 Å². The monoisotopic (exact) mass is 476 g/mol. The van der Waals surface area contributed by atoms with Crippen LogP contribution < -0.4 is 5.73 Å². The van der Waals surface area contributed by atoms with E-state index in [1.165, 1.54) is 30.5 Å². The Morgan fingerprint density at radius 2 is 1.25 bits per heavy atom. The van der Waals surface area contributed by atoms with Gasteiger partial charge in [0.1, 0.15) is 22.3 Å². The van der Waals surface area contributed by atoms with E-state index in [2.05, 4.69) is 67.4 Å². The number of fused-ring (bicyclic) bond motifs is 6. The Kier molecular flexibility index (Phi) is 6.00. The van der Waals surface area contributed by atoms with Crippen molar-refractivity contribution in [3.05, 3.63) is 96.1 Å². The van der Waals surface area contributed by atoms with Gasteiger partial charge in [0.05, 0.1) is 0 Å². The van der Waals surface area contributed by atoms with Crippen molar-refractivity contribution in [2.75, 3.05) is 20.1 Å². The summed E-state index contributed by atoms with van der Waals surface area (Å²) in [6.07, 6.45) is 2.80. The summed E-state index contributed by atoms with van der Waals surface area (Å²) in [5, 5.41) is 4.53. The summed E-state index contributed by atoms with van der Waals surface area (Å²) in [6, 6.07) is 30.0. The van der Waals surface area contributed by atoms with Gasteiger partial charge in [-0.15, -0.1) is 0 Å². The Hall–Kier alpha value is -3.60. The minimum Gasteiger partial charge on any atom is -0.456 e. The zero-order valence-corrected chi connectivity index (χ0v) is 20.9. The second-order valence-corrected chi connectivity index (χ2v) is 9.97. The molecule has 7 rings (SSSR count). The van der Waals surface area contributed by atoms with E-state index in [0.29, 0.717) is 6.54 Å². The molecule has 4 heteroatoms. The van der Waals surface area contributed by atoms with Crippen LogP contribution in [0.25, 0.3) is 43.9 Å². The second kappa shape index (κ2) is 9.45. The van der Waals surface area contributed by atoms with E-state index in [-0.39, 0.29) is 5.92 Å². The van der Waals surface area contributed by atoms with Crippen LogP contribution in [0.5, 0.6) is 0 Å². The molecule has 0 saturated carbocycles. The number of furan rings is 2. The van der Waals surface area contributed by atoms with Gasteiger partial charge in [-0.25, -0.2) is 0 Å². The molecular weight excluding hydrogens is 444 g/mol. The largest absolute Gasteiger partial charge is 0.456 e. The standard InChI is InChI=1S/C26H19NO2.C6H13N/c27-15-22(16-9-11-25-20(13-16)18-5-1-3-7-23(18)28-25)17-10-12-26-21(14-17)19-6-2-4-8-24(19)29-26;1-6-4-3-5-7(6)2/h1-14,22H,15,27H2;6H,3-5H2,1-2H3/t;6-/m.1/s1. The molecule has 1 fully saturated rings. The topological polar surface area (TPSA) is 55.5 Å². The number of hydrogen-bond donors (Lipinski definition) is 1. The lowest BCUT2D eigenvalue weighted by Crippen LogP contribution is -2.20. The zero-order chi connectivity index (χ0) is 24.6. The highest BCUT2D eigenvalue weighted by Crippen LogP contribution is 2.35. The van der Waals surface area contributed by atoms with Gasteiger partial charge in [0, 0.05) is 40.0 Å². The van der Waals surface area contributed by atoms with Gasteiger partial charge in [-0.3, -0.25) is 0 Å². The fraction of sp³-hybridized carbons (Fsp3) is 0.250. The van der Waals surface area contributed by atoms with Gasteiger partial charge in [-0.1, -0.05) is 48.5 Å². The lowest BCUT2D eigenvalue weighted by Gasteiger charge is -2.16. The Bertz CT molecular complexity index is 1540. The fourth-order valence-electron chi connectivity index (χ4n) is 5.46. The van der Waals surface area contributed by atoms with Crippen LogP contribution in [0.15, 0.2) is 93.8 Å². The third-order valence-electron chi connectivity index (χ3n) is 7.73. The molecular formula is C32H32N2O2. The van der Waals surface area contributed by atoms with E-state index in [4.69, 9.17) is 14.6 Å². The third kappa shape index (κ3) is 4.06. The van der Waals surface area contributed by atoms with E-state index in [1.807, 2.05) is 36.4 Å². The average molecular weight is 477 g/mol. The second-order valence-electron chi connectivity index (χ2n) is 9.97. The van der Waals surface area contributed by atoms with Gasteiger partial charge in [-0.2, -0.15) is 0 Å². The summed E-state index contributed by atoms with van der Waals surface area (Å²) >= 11 is 0. The van der Waals surface area contributed by atoms with Gasteiger partial charge in [0.25, 0.3) is 0 Å². The molecule has 6 aromatic rings. The van der Waals surface area contributed by atoms with Crippen molar-refractivity contribution in [2.45, 2.75) is 31.7 Å². The Balaban J connectivity index is 0.000000299. The van der Waals surface area contributed by atoms with E-state index >= 15 is 0 Å². The highest BCUT2D eigenvalue weighted by atomic mass is 16.3. The maximum atomic E-state index is 6.25. The lowest BCUT2D eigenvalue weighted by atomic mass is 9.89. The molecule has 1 saturated heterocycles. The minimum atomic E-state index is 0.103. The molecule has 1 aliphatic heterocycles. The predicted octanol–water partition coefficient (Wildman–Crippen LogP) is 7.68. The average Bonchev–Trinajstić information content (AvgIpc) is 3.59. The van der Waals surface area contributed by atoms with Crippen molar-refractivity contribution >= 4 is 43.9 Å². The van der Waals surface area contributed by atoms with Crippen molar-refractivity contribution < 1.29 is 8.83 Å². The molecule has 0 aliphatic carbocycles. The summed E-state index contributed by atoms with van der Waals surface area (Å²) < 4.78 is 12.0. The number of hydrogen-bond acceptors (Lipinski definition) is 4. The van der Waals surface area contributed by atoms with E-state index in [0.717, 1.165) is 49.9 Å². The molecule has 0 spiro atoms. The minimum absolute atomic E-state index is 0.103. The van der Waals surface area contributed by atoms with Crippen LogP contribution in [0.4, 0.5) is 0 Å². The predicted molar refractivity (Wildman–Crippen MR) is 150 cm³/mol. The summed E-state index contributed by atoms with van der Waals surface area (Å²) in [7, 11) is 2.19. The number of benzene rings is 4. The molecule has 2 aromatic heterocycles. The normalized spacial score (nSPS) is 16.4. The van der Waals surface area contributed by atoms with Crippen LogP contribution in [0.3, 0.4) is 0 Å². The first-order valence-electron chi connectivity index (χ1n) is 12.8. The van der Waals surface area contributed by atoms with Gasteiger partial charge < -0.3 is 19.5 Å². The Morgan fingerprint density at radius 3 is 1.67 bits per heavy atom.